The summed E-state index contributed by atoms with van der Waals surface area (Å²) < 4.78 is 25.6. The van der Waals surface area contributed by atoms with Crippen molar-refractivity contribution in [1.29, 1.82) is 0 Å². The number of aromatic nitrogens is 1. The fourth-order valence-corrected chi connectivity index (χ4v) is 5.75. The second kappa shape index (κ2) is 8.19. The molecule has 28 heavy (non-hydrogen) atoms. The van der Waals surface area contributed by atoms with Crippen molar-refractivity contribution in [2.75, 3.05) is 0 Å². The summed E-state index contributed by atoms with van der Waals surface area (Å²) in [6.45, 7) is 4.00. The molecule has 1 saturated heterocycles. The van der Waals surface area contributed by atoms with Crippen LogP contribution in [0.3, 0.4) is 0 Å². The van der Waals surface area contributed by atoms with Gasteiger partial charge in [0.2, 0.25) is 0 Å². The Morgan fingerprint density at radius 1 is 1.07 bits per heavy atom. The van der Waals surface area contributed by atoms with E-state index in [2.05, 4.69) is 4.98 Å². The Bertz CT molecular complexity index is 1020. The molecule has 0 aliphatic carbocycles. The van der Waals surface area contributed by atoms with E-state index in [1.807, 2.05) is 13.8 Å². The molecule has 1 aromatic heterocycles. The summed E-state index contributed by atoms with van der Waals surface area (Å²) in [5, 5.41) is 0.255. The summed E-state index contributed by atoms with van der Waals surface area (Å²) in [5.74, 6) is -0.596. The molecule has 5 nitrogen and oxygen atoms in total. The number of carbonyl (C=O) groups excluding carboxylic acids is 1. The normalized spacial score (nSPS) is 19.8. The van der Waals surface area contributed by atoms with Crippen LogP contribution in [0.1, 0.15) is 42.9 Å². The predicted molar refractivity (Wildman–Crippen MR) is 111 cm³/mol. The van der Waals surface area contributed by atoms with Gasteiger partial charge in [0.05, 0.1) is 31.4 Å². The molecule has 1 aliphatic heterocycles. The molecule has 2 unspecified atom stereocenters. The summed E-state index contributed by atoms with van der Waals surface area (Å²) >= 11 is 17.9. The minimum atomic E-state index is -3.83. The summed E-state index contributed by atoms with van der Waals surface area (Å²) in [4.78, 5) is 18.8. The molecule has 1 fully saturated rings. The van der Waals surface area contributed by atoms with Gasteiger partial charge in [-0.05, 0) is 51.0 Å². The monoisotopic (exact) mass is 460 g/mol. The maximum atomic E-state index is 12.9. The topological polar surface area (TPSA) is 67.3 Å². The van der Waals surface area contributed by atoms with Gasteiger partial charge in [0.15, 0.2) is 9.84 Å². The number of nitrogens with zero attached hydrogens (tertiary/aromatic N) is 2. The van der Waals surface area contributed by atoms with Gasteiger partial charge in [-0.15, -0.1) is 0 Å². The maximum Gasteiger partial charge on any atom is 0.272 e. The molecule has 0 spiro atoms. The highest BCUT2D eigenvalue weighted by Gasteiger charge is 2.32. The second-order valence-electron chi connectivity index (χ2n) is 6.96. The van der Waals surface area contributed by atoms with E-state index in [-0.39, 0.29) is 49.3 Å². The standard InChI is InChI=1S/C19H19Cl3N2O3S/c1-11-6-7-12(2)24(11)19(25)17-5-3-4-13(23-17)10-28(26,27)18-9-15(21)14(20)8-16(18)22/h3-5,8-9,11-12H,6-7,10H2,1-2H3. The van der Waals surface area contributed by atoms with Crippen LogP contribution in [-0.4, -0.2) is 36.3 Å². The highest BCUT2D eigenvalue weighted by molar-refractivity contribution is 7.90. The Morgan fingerprint density at radius 2 is 1.68 bits per heavy atom. The van der Waals surface area contributed by atoms with E-state index in [1.54, 1.807) is 23.1 Å². The Morgan fingerprint density at radius 3 is 2.32 bits per heavy atom. The molecule has 1 aromatic carbocycles. The first kappa shape index (κ1) is 21.4. The molecule has 1 amide bonds. The lowest BCUT2D eigenvalue weighted by molar-refractivity contribution is 0.0686. The van der Waals surface area contributed by atoms with Crippen molar-refractivity contribution in [2.45, 2.75) is 49.4 Å². The van der Waals surface area contributed by atoms with Gasteiger partial charge in [-0.3, -0.25) is 4.79 Å². The highest BCUT2D eigenvalue weighted by atomic mass is 35.5. The summed E-state index contributed by atoms with van der Waals surface area (Å²) in [7, 11) is -3.83. The van der Waals surface area contributed by atoms with E-state index in [9.17, 15) is 13.2 Å². The van der Waals surface area contributed by atoms with Crippen LogP contribution in [0.5, 0.6) is 0 Å². The minimum Gasteiger partial charge on any atom is -0.332 e. The third-order valence-corrected chi connectivity index (χ3v) is 7.69. The number of hydrogen-bond donors (Lipinski definition) is 0. The first-order valence-electron chi connectivity index (χ1n) is 8.76. The highest BCUT2D eigenvalue weighted by Crippen LogP contribution is 2.33. The lowest BCUT2D eigenvalue weighted by Crippen LogP contribution is -2.39. The second-order valence-corrected chi connectivity index (χ2v) is 10.1. The van der Waals surface area contributed by atoms with E-state index >= 15 is 0 Å². The molecule has 0 radical (unpaired) electrons. The molecule has 9 heteroatoms. The SMILES string of the molecule is CC1CCC(C)N1C(=O)c1cccc(CS(=O)(=O)c2cc(Cl)c(Cl)cc2Cl)n1. The van der Waals surface area contributed by atoms with Crippen molar-refractivity contribution in [3.05, 3.63) is 56.8 Å². The zero-order valence-electron chi connectivity index (χ0n) is 15.3. The third kappa shape index (κ3) is 4.30. The van der Waals surface area contributed by atoms with Gasteiger partial charge in [0.25, 0.3) is 5.91 Å². The van der Waals surface area contributed by atoms with Crippen LogP contribution >= 0.6 is 34.8 Å². The molecule has 2 aromatic rings. The molecule has 2 atom stereocenters. The quantitative estimate of drug-likeness (QED) is 0.599. The van der Waals surface area contributed by atoms with Gasteiger partial charge in [-0.25, -0.2) is 13.4 Å². The van der Waals surface area contributed by atoms with Crippen molar-refractivity contribution < 1.29 is 13.2 Å². The van der Waals surface area contributed by atoms with Gasteiger partial charge < -0.3 is 4.90 Å². The van der Waals surface area contributed by atoms with Crippen molar-refractivity contribution >= 4 is 50.5 Å². The van der Waals surface area contributed by atoms with E-state index in [0.29, 0.717) is 0 Å². The lowest BCUT2D eigenvalue weighted by atomic mass is 10.2. The van der Waals surface area contributed by atoms with Crippen LogP contribution in [-0.2, 0) is 15.6 Å². The fourth-order valence-electron chi connectivity index (χ4n) is 3.42. The number of rotatable bonds is 4. The predicted octanol–water partition coefficient (Wildman–Crippen LogP) is 5.03. The van der Waals surface area contributed by atoms with Crippen LogP contribution in [0.25, 0.3) is 0 Å². The molecular formula is C19H19Cl3N2O3S. The fraction of sp³-hybridized carbons (Fsp3) is 0.368. The van der Waals surface area contributed by atoms with Crippen molar-refractivity contribution in [1.82, 2.24) is 9.88 Å². The number of halogens is 3. The average Bonchev–Trinajstić information content (AvgIpc) is 2.95. The van der Waals surface area contributed by atoms with E-state index in [1.165, 1.54) is 12.1 Å². The number of carbonyl (C=O) groups is 1. The Kier molecular flexibility index (Phi) is 6.25. The number of likely N-dealkylation sites (tertiary alicyclic amines) is 1. The molecule has 150 valence electrons. The zero-order chi connectivity index (χ0) is 20.6. The smallest absolute Gasteiger partial charge is 0.272 e. The van der Waals surface area contributed by atoms with Gasteiger partial charge >= 0.3 is 0 Å². The number of benzene rings is 1. The molecule has 0 bridgehead atoms. The van der Waals surface area contributed by atoms with Crippen molar-refractivity contribution in [3.63, 3.8) is 0 Å². The number of sulfone groups is 1. The number of pyridine rings is 1. The van der Waals surface area contributed by atoms with Crippen molar-refractivity contribution in [2.24, 2.45) is 0 Å². The first-order valence-corrected chi connectivity index (χ1v) is 11.5. The van der Waals surface area contributed by atoms with Gasteiger partial charge in [-0.1, -0.05) is 40.9 Å². The Labute approximate surface area is 179 Å². The minimum absolute atomic E-state index is 0.0126. The number of hydrogen-bond acceptors (Lipinski definition) is 4. The molecular weight excluding hydrogens is 443 g/mol. The summed E-state index contributed by atoms with van der Waals surface area (Å²) in [6, 6.07) is 7.58. The van der Waals surface area contributed by atoms with Crippen LogP contribution in [0, 0.1) is 0 Å². The zero-order valence-corrected chi connectivity index (χ0v) is 18.4. The largest absolute Gasteiger partial charge is 0.332 e. The van der Waals surface area contributed by atoms with E-state index < -0.39 is 15.6 Å². The van der Waals surface area contributed by atoms with Crippen LogP contribution in [0.15, 0.2) is 35.2 Å². The third-order valence-electron chi connectivity index (χ3n) is 4.86. The van der Waals surface area contributed by atoms with Gasteiger partial charge in [-0.2, -0.15) is 0 Å². The molecule has 2 heterocycles. The van der Waals surface area contributed by atoms with Crippen LogP contribution in [0.4, 0.5) is 0 Å². The lowest BCUT2D eigenvalue weighted by Gasteiger charge is -2.26. The maximum absolute atomic E-state index is 12.9. The van der Waals surface area contributed by atoms with Crippen LogP contribution < -0.4 is 0 Å². The Hall–Kier alpha value is -1.34. The molecule has 3 rings (SSSR count). The first-order chi connectivity index (χ1) is 13.1. The van der Waals surface area contributed by atoms with Crippen molar-refractivity contribution in [3.8, 4) is 0 Å². The summed E-state index contributed by atoms with van der Waals surface area (Å²) in [5.41, 5.74) is 0.487. The molecule has 1 aliphatic rings. The van der Waals surface area contributed by atoms with E-state index in [0.717, 1.165) is 12.8 Å². The molecule has 0 N–H and O–H groups in total. The Balaban J connectivity index is 1.89. The van der Waals surface area contributed by atoms with Gasteiger partial charge in [0.1, 0.15) is 5.69 Å². The molecule has 0 saturated carbocycles. The van der Waals surface area contributed by atoms with E-state index in [4.69, 9.17) is 34.8 Å². The average molecular weight is 462 g/mol. The van der Waals surface area contributed by atoms with Crippen LogP contribution in [0.2, 0.25) is 15.1 Å². The summed E-state index contributed by atoms with van der Waals surface area (Å²) in [6.07, 6.45) is 1.88. The number of amides is 1. The van der Waals surface area contributed by atoms with Gasteiger partial charge in [0, 0.05) is 12.1 Å².